The maximum atomic E-state index is 9.96. The first kappa shape index (κ1) is 13.9. The molecule has 2 nitrogen and oxygen atoms in total. The van der Waals surface area contributed by atoms with Gasteiger partial charge in [0.1, 0.15) is 0 Å². The Bertz CT molecular complexity index is 612. The number of phenolic OH excluding ortho intramolecular Hbond substituents is 2. The fourth-order valence-electron chi connectivity index (χ4n) is 2.38. The van der Waals surface area contributed by atoms with Crippen LogP contribution in [0.2, 0.25) is 25.7 Å². The Morgan fingerprint density at radius 2 is 1.58 bits per heavy atom. The third-order valence-corrected chi connectivity index (χ3v) is 5.37. The maximum Gasteiger partial charge on any atom is 0.165 e. The first-order chi connectivity index (χ1) is 8.79. The summed E-state index contributed by atoms with van der Waals surface area (Å²) < 4.78 is 0. The van der Waals surface area contributed by atoms with Crippen LogP contribution in [0.15, 0.2) is 24.3 Å². The molecule has 0 atom stereocenters. The zero-order valence-corrected chi connectivity index (χ0v) is 13.1. The average Bonchev–Trinajstić information content (AvgIpc) is 2.31. The summed E-state index contributed by atoms with van der Waals surface area (Å²) in [7, 11) is -1.09. The Morgan fingerprint density at radius 1 is 0.947 bits per heavy atom. The Morgan fingerprint density at radius 3 is 2.21 bits per heavy atom. The molecule has 2 aromatic carbocycles. The maximum absolute atomic E-state index is 9.96. The second-order valence-corrected chi connectivity index (χ2v) is 12.1. The van der Waals surface area contributed by atoms with E-state index in [9.17, 15) is 10.2 Å². The van der Waals surface area contributed by atoms with Crippen molar-refractivity contribution in [3.63, 3.8) is 0 Å². The number of hydrogen-bond donors (Lipinski definition) is 2. The number of rotatable bonds is 3. The van der Waals surface area contributed by atoms with Crippen LogP contribution in [0, 0.1) is 6.92 Å². The Hall–Kier alpha value is -1.48. The van der Waals surface area contributed by atoms with Gasteiger partial charge in [0.05, 0.1) is 0 Å². The summed E-state index contributed by atoms with van der Waals surface area (Å²) >= 11 is 0. The van der Waals surface area contributed by atoms with Crippen LogP contribution in [-0.2, 0) is 6.42 Å². The molecular weight excluding hydrogens is 252 g/mol. The number of aromatic hydroxyl groups is 2. The Balaban J connectivity index is 2.53. The van der Waals surface area contributed by atoms with Crippen molar-refractivity contribution in [3.8, 4) is 11.5 Å². The first-order valence-electron chi connectivity index (χ1n) is 6.73. The summed E-state index contributed by atoms with van der Waals surface area (Å²) in [6, 6.07) is 8.64. The van der Waals surface area contributed by atoms with Crippen LogP contribution in [0.3, 0.4) is 0 Å². The lowest BCUT2D eigenvalue weighted by atomic mass is 9.97. The van der Waals surface area contributed by atoms with Crippen LogP contribution in [0.5, 0.6) is 11.5 Å². The number of phenols is 2. The van der Waals surface area contributed by atoms with E-state index in [0.29, 0.717) is 0 Å². The van der Waals surface area contributed by atoms with Crippen molar-refractivity contribution in [1.82, 2.24) is 0 Å². The van der Waals surface area contributed by atoms with Crippen LogP contribution >= 0.6 is 0 Å². The third kappa shape index (κ3) is 2.92. The minimum Gasteiger partial charge on any atom is -0.504 e. The molecule has 0 saturated heterocycles. The van der Waals surface area contributed by atoms with Crippen molar-refractivity contribution >= 4 is 18.8 Å². The zero-order valence-electron chi connectivity index (χ0n) is 12.1. The van der Waals surface area contributed by atoms with E-state index < -0.39 is 8.07 Å². The highest BCUT2D eigenvalue weighted by Crippen LogP contribution is 2.36. The van der Waals surface area contributed by atoms with Gasteiger partial charge in [0.2, 0.25) is 0 Å². The topological polar surface area (TPSA) is 40.5 Å². The van der Waals surface area contributed by atoms with Crippen molar-refractivity contribution in [1.29, 1.82) is 0 Å². The average molecular weight is 274 g/mol. The molecule has 0 unspecified atom stereocenters. The van der Waals surface area contributed by atoms with E-state index in [1.54, 1.807) is 6.07 Å². The van der Waals surface area contributed by atoms with E-state index in [0.717, 1.165) is 17.2 Å². The molecule has 0 amide bonds. The second kappa shape index (κ2) is 4.89. The van der Waals surface area contributed by atoms with E-state index in [4.69, 9.17) is 0 Å². The zero-order chi connectivity index (χ0) is 14.2. The summed E-state index contributed by atoms with van der Waals surface area (Å²) in [5.41, 5.74) is 2.56. The van der Waals surface area contributed by atoms with Crippen molar-refractivity contribution in [2.45, 2.75) is 39.0 Å². The lowest BCUT2D eigenvalue weighted by Gasteiger charge is -2.18. The van der Waals surface area contributed by atoms with Gasteiger partial charge in [-0.05, 0) is 35.9 Å². The quantitative estimate of drug-likeness (QED) is 0.641. The fourth-order valence-corrected chi connectivity index (χ4v) is 3.38. The molecule has 2 aromatic rings. The Labute approximate surface area is 115 Å². The van der Waals surface area contributed by atoms with Crippen LogP contribution in [0.1, 0.15) is 11.1 Å². The molecular formula is C16H22O2Si. The molecule has 102 valence electrons. The van der Waals surface area contributed by atoms with Gasteiger partial charge in [-0.2, -0.15) is 0 Å². The van der Waals surface area contributed by atoms with Crippen LogP contribution in [-0.4, -0.2) is 18.3 Å². The molecule has 0 aliphatic heterocycles. The molecule has 0 radical (unpaired) electrons. The number of fused-ring (bicyclic) bond motifs is 1. The van der Waals surface area contributed by atoms with Crippen molar-refractivity contribution in [2.24, 2.45) is 0 Å². The van der Waals surface area contributed by atoms with E-state index >= 15 is 0 Å². The normalized spacial score (nSPS) is 12.0. The molecule has 0 spiro atoms. The van der Waals surface area contributed by atoms with Gasteiger partial charge in [-0.1, -0.05) is 43.9 Å². The number of benzene rings is 2. The number of aryl methyl sites for hydroxylation is 2. The molecule has 19 heavy (non-hydrogen) atoms. The standard InChI is InChI=1S/C16H22O2Si/c1-11-5-6-14-13(7-8-15(17)16(14)18)12(11)9-10-19(2,3)4/h5-8,17-18H,9-10H2,1-4H3. The van der Waals surface area contributed by atoms with Crippen LogP contribution < -0.4 is 0 Å². The minimum absolute atomic E-state index is 0.00764. The first-order valence-corrected chi connectivity index (χ1v) is 10.4. The van der Waals surface area contributed by atoms with Crippen LogP contribution in [0.4, 0.5) is 0 Å². The molecule has 0 heterocycles. The number of hydrogen-bond acceptors (Lipinski definition) is 2. The monoisotopic (exact) mass is 274 g/mol. The Kier molecular flexibility index (Phi) is 3.59. The smallest absolute Gasteiger partial charge is 0.165 e. The molecule has 3 heteroatoms. The van der Waals surface area contributed by atoms with Crippen molar-refractivity contribution in [3.05, 3.63) is 35.4 Å². The lowest BCUT2D eigenvalue weighted by molar-refractivity contribution is 0.408. The van der Waals surface area contributed by atoms with Crippen LogP contribution in [0.25, 0.3) is 10.8 Å². The molecule has 2 N–H and O–H groups in total. The van der Waals surface area contributed by atoms with Crippen molar-refractivity contribution < 1.29 is 10.2 Å². The van der Waals surface area contributed by atoms with Gasteiger partial charge in [-0.25, -0.2) is 0 Å². The third-order valence-electron chi connectivity index (χ3n) is 3.62. The summed E-state index contributed by atoms with van der Waals surface area (Å²) in [5, 5.41) is 21.4. The summed E-state index contributed by atoms with van der Waals surface area (Å²) in [4.78, 5) is 0. The molecule has 0 saturated carbocycles. The van der Waals surface area contributed by atoms with E-state index in [1.165, 1.54) is 17.2 Å². The molecule has 0 aromatic heterocycles. The lowest BCUT2D eigenvalue weighted by Crippen LogP contribution is -2.20. The largest absolute Gasteiger partial charge is 0.504 e. The summed E-state index contributed by atoms with van der Waals surface area (Å²) in [6.45, 7) is 9.23. The van der Waals surface area contributed by atoms with E-state index in [1.807, 2.05) is 18.2 Å². The predicted molar refractivity (Wildman–Crippen MR) is 83.9 cm³/mol. The van der Waals surface area contributed by atoms with Gasteiger partial charge in [-0.15, -0.1) is 0 Å². The fraction of sp³-hybridized carbons (Fsp3) is 0.375. The predicted octanol–water partition coefficient (Wildman–Crippen LogP) is 4.44. The van der Waals surface area contributed by atoms with Gasteiger partial charge in [0.25, 0.3) is 0 Å². The van der Waals surface area contributed by atoms with E-state index in [-0.39, 0.29) is 11.5 Å². The molecule has 0 bridgehead atoms. The van der Waals surface area contributed by atoms with Gasteiger partial charge in [0, 0.05) is 13.5 Å². The highest BCUT2D eigenvalue weighted by Gasteiger charge is 2.16. The second-order valence-electron chi connectivity index (χ2n) is 6.45. The molecule has 0 aliphatic rings. The van der Waals surface area contributed by atoms with Gasteiger partial charge in [0.15, 0.2) is 11.5 Å². The molecule has 2 rings (SSSR count). The van der Waals surface area contributed by atoms with Gasteiger partial charge < -0.3 is 10.2 Å². The highest BCUT2D eigenvalue weighted by molar-refractivity contribution is 6.76. The van der Waals surface area contributed by atoms with Crippen molar-refractivity contribution in [2.75, 3.05) is 0 Å². The molecule has 0 fully saturated rings. The van der Waals surface area contributed by atoms with E-state index in [2.05, 4.69) is 26.6 Å². The highest BCUT2D eigenvalue weighted by atomic mass is 28.3. The summed E-state index contributed by atoms with van der Waals surface area (Å²) in [6.07, 6.45) is 1.04. The molecule has 0 aliphatic carbocycles. The van der Waals surface area contributed by atoms with Gasteiger partial charge in [-0.3, -0.25) is 0 Å². The summed E-state index contributed by atoms with van der Waals surface area (Å²) in [5.74, 6) is -0.0562. The SMILES string of the molecule is Cc1ccc2c(O)c(O)ccc2c1CC[Si](C)(C)C. The van der Waals surface area contributed by atoms with Gasteiger partial charge >= 0.3 is 0 Å². The minimum atomic E-state index is -1.09.